The molecule has 0 aliphatic rings. The Morgan fingerprint density at radius 2 is 1.86 bits per heavy atom. The van der Waals surface area contributed by atoms with Gasteiger partial charge in [0.15, 0.2) is 0 Å². The van der Waals surface area contributed by atoms with E-state index in [9.17, 15) is 9.59 Å². The number of benzene rings is 2. The standard InChI is InChI=1S/C16H10INO3/c17-11-5-3-6-12(9-11)18-15(19)13-8-10-4-1-2-7-14(10)21-16(13)20/h1-9H,(H,18,19). The third kappa shape index (κ3) is 2.97. The number of halogens is 1. The van der Waals surface area contributed by atoms with Gasteiger partial charge < -0.3 is 9.73 Å². The highest BCUT2D eigenvalue weighted by Gasteiger charge is 2.13. The minimum atomic E-state index is -0.642. The summed E-state index contributed by atoms with van der Waals surface area (Å²) in [4.78, 5) is 24.1. The van der Waals surface area contributed by atoms with Gasteiger partial charge in [0, 0.05) is 14.6 Å². The number of amides is 1. The number of para-hydroxylation sites is 1. The summed E-state index contributed by atoms with van der Waals surface area (Å²) in [5.41, 5.74) is 0.456. The van der Waals surface area contributed by atoms with E-state index < -0.39 is 11.5 Å². The minimum absolute atomic E-state index is 0.00689. The lowest BCUT2D eigenvalue weighted by atomic mass is 10.2. The molecule has 104 valence electrons. The van der Waals surface area contributed by atoms with Crippen LogP contribution in [0.25, 0.3) is 11.0 Å². The Morgan fingerprint density at radius 3 is 2.67 bits per heavy atom. The van der Waals surface area contributed by atoms with Gasteiger partial charge in [-0.2, -0.15) is 0 Å². The van der Waals surface area contributed by atoms with Crippen LogP contribution in [0.2, 0.25) is 0 Å². The van der Waals surface area contributed by atoms with Crippen LogP contribution in [0.1, 0.15) is 10.4 Å². The van der Waals surface area contributed by atoms with Crippen LogP contribution in [0.3, 0.4) is 0 Å². The first kappa shape index (κ1) is 13.8. The number of carbonyl (C=O) groups is 1. The van der Waals surface area contributed by atoms with Gasteiger partial charge in [0.25, 0.3) is 5.91 Å². The van der Waals surface area contributed by atoms with Gasteiger partial charge in [0.1, 0.15) is 11.1 Å². The third-order valence-electron chi connectivity index (χ3n) is 2.97. The van der Waals surface area contributed by atoms with E-state index in [2.05, 4.69) is 27.9 Å². The lowest BCUT2D eigenvalue weighted by molar-refractivity contribution is 0.102. The number of rotatable bonds is 2. The van der Waals surface area contributed by atoms with Crippen LogP contribution in [-0.4, -0.2) is 5.91 Å². The van der Waals surface area contributed by atoms with Crippen molar-refractivity contribution in [3.63, 3.8) is 0 Å². The summed E-state index contributed by atoms with van der Waals surface area (Å²) in [6.07, 6.45) is 0. The SMILES string of the molecule is O=C(Nc1cccc(I)c1)c1cc2ccccc2oc1=O. The number of fused-ring (bicyclic) bond motifs is 1. The minimum Gasteiger partial charge on any atom is -0.422 e. The molecule has 1 amide bonds. The van der Waals surface area contributed by atoms with Crippen molar-refractivity contribution in [3.8, 4) is 0 Å². The van der Waals surface area contributed by atoms with Gasteiger partial charge in [-0.25, -0.2) is 4.79 Å². The molecule has 1 N–H and O–H groups in total. The molecule has 5 heteroatoms. The maximum atomic E-state index is 12.2. The van der Waals surface area contributed by atoms with Gasteiger partial charge in [-0.1, -0.05) is 24.3 Å². The Hall–Kier alpha value is -2.15. The molecular weight excluding hydrogens is 381 g/mol. The number of hydrogen-bond acceptors (Lipinski definition) is 3. The van der Waals surface area contributed by atoms with Crippen LogP contribution >= 0.6 is 22.6 Å². The first-order valence-electron chi connectivity index (χ1n) is 6.23. The van der Waals surface area contributed by atoms with Crippen LogP contribution in [0, 0.1) is 3.57 Å². The molecule has 0 bridgehead atoms. The van der Waals surface area contributed by atoms with E-state index in [1.807, 2.05) is 24.3 Å². The molecule has 0 spiro atoms. The highest BCUT2D eigenvalue weighted by Crippen LogP contribution is 2.15. The third-order valence-corrected chi connectivity index (χ3v) is 3.64. The molecule has 0 atom stereocenters. The zero-order valence-corrected chi connectivity index (χ0v) is 13.0. The second-order valence-corrected chi connectivity index (χ2v) is 5.70. The Kier molecular flexibility index (Phi) is 3.74. The van der Waals surface area contributed by atoms with Crippen molar-refractivity contribution in [1.29, 1.82) is 0 Å². The van der Waals surface area contributed by atoms with Crippen LogP contribution in [0.5, 0.6) is 0 Å². The Labute approximate surface area is 133 Å². The molecule has 0 saturated heterocycles. The fourth-order valence-electron chi connectivity index (χ4n) is 1.98. The Morgan fingerprint density at radius 1 is 1.05 bits per heavy atom. The van der Waals surface area contributed by atoms with Crippen molar-refractivity contribution in [2.75, 3.05) is 5.32 Å². The van der Waals surface area contributed by atoms with E-state index in [4.69, 9.17) is 4.42 Å². The van der Waals surface area contributed by atoms with Crippen molar-refractivity contribution < 1.29 is 9.21 Å². The highest BCUT2D eigenvalue weighted by atomic mass is 127. The number of carbonyl (C=O) groups excluding carboxylic acids is 1. The number of nitrogens with one attached hydrogen (secondary N) is 1. The summed E-state index contributed by atoms with van der Waals surface area (Å²) in [5, 5.41) is 3.41. The van der Waals surface area contributed by atoms with E-state index in [0.29, 0.717) is 16.7 Å². The van der Waals surface area contributed by atoms with Crippen LogP contribution in [-0.2, 0) is 0 Å². The predicted octanol–water partition coefficient (Wildman–Crippen LogP) is 3.65. The van der Waals surface area contributed by atoms with E-state index >= 15 is 0 Å². The van der Waals surface area contributed by atoms with Gasteiger partial charge in [0.05, 0.1) is 0 Å². The van der Waals surface area contributed by atoms with Gasteiger partial charge in [-0.05, 0) is 52.9 Å². The topological polar surface area (TPSA) is 59.3 Å². The molecule has 3 aromatic rings. The summed E-state index contributed by atoms with van der Waals surface area (Å²) < 4.78 is 6.15. The van der Waals surface area contributed by atoms with Gasteiger partial charge in [0.2, 0.25) is 0 Å². The van der Waals surface area contributed by atoms with Crippen molar-refractivity contribution >= 4 is 45.2 Å². The average molecular weight is 391 g/mol. The maximum absolute atomic E-state index is 12.2. The first-order chi connectivity index (χ1) is 10.1. The zero-order chi connectivity index (χ0) is 14.8. The van der Waals surface area contributed by atoms with E-state index in [-0.39, 0.29) is 5.56 Å². The van der Waals surface area contributed by atoms with Gasteiger partial charge in [-0.3, -0.25) is 4.79 Å². The van der Waals surface area contributed by atoms with Crippen LogP contribution < -0.4 is 10.9 Å². The van der Waals surface area contributed by atoms with Crippen molar-refractivity contribution in [2.45, 2.75) is 0 Å². The summed E-state index contributed by atoms with van der Waals surface area (Å²) in [6, 6.07) is 16.0. The second-order valence-electron chi connectivity index (χ2n) is 4.45. The molecule has 0 radical (unpaired) electrons. The molecule has 1 heterocycles. The van der Waals surface area contributed by atoms with Crippen LogP contribution in [0.15, 0.2) is 63.8 Å². The molecule has 0 fully saturated rings. The van der Waals surface area contributed by atoms with E-state index in [1.54, 1.807) is 30.3 Å². The monoisotopic (exact) mass is 391 g/mol. The fraction of sp³-hybridized carbons (Fsp3) is 0. The lowest BCUT2D eigenvalue weighted by Crippen LogP contribution is -2.20. The van der Waals surface area contributed by atoms with Crippen molar-refractivity contribution in [1.82, 2.24) is 0 Å². The number of hydrogen-bond donors (Lipinski definition) is 1. The second kappa shape index (κ2) is 5.69. The Bertz CT molecular complexity index is 886. The first-order valence-corrected chi connectivity index (χ1v) is 7.31. The molecule has 0 saturated carbocycles. The summed E-state index contributed by atoms with van der Waals surface area (Å²) in [6.45, 7) is 0. The van der Waals surface area contributed by atoms with E-state index in [1.165, 1.54) is 0 Å². The summed E-state index contributed by atoms with van der Waals surface area (Å²) in [5.74, 6) is -0.475. The largest absolute Gasteiger partial charge is 0.422 e. The molecule has 1 aromatic heterocycles. The van der Waals surface area contributed by atoms with Crippen LogP contribution in [0.4, 0.5) is 5.69 Å². The Balaban J connectivity index is 1.98. The maximum Gasteiger partial charge on any atom is 0.349 e. The molecule has 0 aliphatic heterocycles. The van der Waals surface area contributed by atoms with Crippen molar-refractivity contribution in [2.24, 2.45) is 0 Å². The molecular formula is C16H10INO3. The van der Waals surface area contributed by atoms with Gasteiger partial charge >= 0.3 is 5.63 Å². The molecule has 21 heavy (non-hydrogen) atoms. The molecule has 0 unspecified atom stereocenters. The molecule has 0 aliphatic carbocycles. The predicted molar refractivity (Wildman–Crippen MR) is 89.6 cm³/mol. The van der Waals surface area contributed by atoms with E-state index in [0.717, 1.165) is 3.57 Å². The molecule has 2 aromatic carbocycles. The quantitative estimate of drug-likeness (QED) is 0.536. The average Bonchev–Trinajstić information content (AvgIpc) is 2.46. The number of anilines is 1. The fourth-order valence-corrected chi connectivity index (χ4v) is 2.53. The molecule has 4 nitrogen and oxygen atoms in total. The molecule has 3 rings (SSSR count). The van der Waals surface area contributed by atoms with Crippen molar-refractivity contribution in [3.05, 3.63) is 74.2 Å². The summed E-state index contributed by atoms with van der Waals surface area (Å²) in [7, 11) is 0. The zero-order valence-electron chi connectivity index (χ0n) is 10.8. The smallest absolute Gasteiger partial charge is 0.349 e. The highest BCUT2D eigenvalue weighted by molar-refractivity contribution is 14.1. The lowest BCUT2D eigenvalue weighted by Gasteiger charge is -2.05. The normalized spacial score (nSPS) is 10.5. The summed E-state index contributed by atoms with van der Waals surface area (Å²) >= 11 is 2.15. The van der Waals surface area contributed by atoms with Gasteiger partial charge in [-0.15, -0.1) is 0 Å².